The molecule has 0 saturated heterocycles. The minimum Gasteiger partial charge on any atom is -0.398 e. The van der Waals surface area contributed by atoms with Crippen LogP contribution in [0, 0.1) is 0 Å². The average Bonchev–Trinajstić information content (AvgIpc) is 2.48. The van der Waals surface area contributed by atoms with Crippen LogP contribution in [0.25, 0.3) is 0 Å². The second-order valence-electron chi connectivity index (χ2n) is 5.17. The average molecular weight is 284 g/mol. The fourth-order valence-electron chi connectivity index (χ4n) is 2.70. The van der Waals surface area contributed by atoms with Gasteiger partial charge in [0.2, 0.25) is 0 Å². The van der Waals surface area contributed by atoms with Crippen LogP contribution in [0.15, 0.2) is 53.4 Å². The standard InChI is InChI=1S/C17H20N2S/c18-17-8-4-5-14-13-19(10-9-16(14)17)11-12-20-15-6-2-1-3-7-15/h1-8H,9-13,18H2. The number of benzene rings is 2. The zero-order chi connectivity index (χ0) is 13.8. The Morgan fingerprint density at radius 2 is 1.90 bits per heavy atom. The largest absolute Gasteiger partial charge is 0.398 e. The van der Waals surface area contributed by atoms with Gasteiger partial charge in [0.25, 0.3) is 0 Å². The monoisotopic (exact) mass is 284 g/mol. The number of anilines is 1. The fraction of sp³-hybridized carbons (Fsp3) is 0.294. The summed E-state index contributed by atoms with van der Waals surface area (Å²) in [6, 6.07) is 16.9. The fourth-order valence-corrected chi connectivity index (χ4v) is 3.63. The summed E-state index contributed by atoms with van der Waals surface area (Å²) in [6.07, 6.45) is 1.08. The molecule has 20 heavy (non-hydrogen) atoms. The predicted molar refractivity (Wildman–Crippen MR) is 87.0 cm³/mol. The third kappa shape index (κ3) is 3.17. The van der Waals surface area contributed by atoms with Crippen molar-refractivity contribution < 1.29 is 0 Å². The Bertz CT molecular complexity index is 568. The van der Waals surface area contributed by atoms with Crippen LogP contribution < -0.4 is 5.73 Å². The van der Waals surface area contributed by atoms with Gasteiger partial charge in [0.15, 0.2) is 0 Å². The maximum atomic E-state index is 6.04. The molecule has 0 aliphatic carbocycles. The highest BCUT2D eigenvalue weighted by Gasteiger charge is 2.17. The molecule has 1 heterocycles. The summed E-state index contributed by atoms with van der Waals surface area (Å²) in [7, 11) is 0. The zero-order valence-corrected chi connectivity index (χ0v) is 12.4. The topological polar surface area (TPSA) is 29.3 Å². The molecule has 0 aromatic heterocycles. The van der Waals surface area contributed by atoms with Gasteiger partial charge in [0.1, 0.15) is 0 Å². The Labute approximate surface area is 125 Å². The van der Waals surface area contributed by atoms with Gasteiger partial charge in [0.05, 0.1) is 0 Å². The van der Waals surface area contributed by atoms with Gasteiger partial charge in [-0.3, -0.25) is 4.90 Å². The molecule has 104 valence electrons. The van der Waals surface area contributed by atoms with Gasteiger partial charge in [0, 0.05) is 36.0 Å². The van der Waals surface area contributed by atoms with Crippen LogP contribution in [-0.4, -0.2) is 23.7 Å². The third-order valence-corrected chi connectivity index (χ3v) is 4.79. The molecule has 0 saturated carbocycles. The molecule has 0 bridgehead atoms. The van der Waals surface area contributed by atoms with Crippen LogP contribution >= 0.6 is 11.8 Å². The van der Waals surface area contributed by atoms with Crippen molar-refractivity contribution >= 4 is 17.4 Å². The Morgan fingerprint density at radius 1 is 1.05 bits per heavy atom. The molecule has 2 aromatic carbocycles. The van der Waals surface area contributed by atoms with Gasteiger partial charge in [-0.15, -0.1) is 11.8 Å². The Kier molecular flexibility index (Phi) is 4.28. The molecule has 2 aromatic rings. The molecule has 0 spiro atoms. The molecule has 0 unspecified atom stereocenters. The number of fused-ring (bicyclic) bond motifs is 1. The van der Waals surface area contributed by atoms with Crippen LogP contribution in [0.3, 0.4) is 0 Å². The SMILES string of the molecule is Nc1cccc2c1CCN(CCSc1ccccc1)C2. The molecule has 2 N–H and O–H groups in total. The van der Waals surface area contributed by atoms with E-state index < -0.39 is 0 Å². The lowest BCUT2D eigenvalue weighted by molar-refractivity contribution is 0.271. The van der Waals surface area contributed by atoms with Crippen molar-refractivity contribution in [2.45, 2.75) is 17.9 Å². The van der Waals surface area contributed by atoms with Crippen LogP contribution in [0.4, 0.5) is 5.69 Å². The Balaban J connectivity index is 1.53. The smallest absolute Gasteiger partial charge is 0.0350 e. The van der Waals surface area contributed by atoms with Crippen molar-refractivity contribution in [3.05, 3.63) is 59.7 Å². The molecule has 0 amide bonds. The molecule has 2 nitrogen and oxygen atoms in total. The van der Waals surface area contributed by atoms with Crippen LogP contribution in [0.2, 0.25) is 0 Å². The zero-order valence-electron chi connectivity index (χ0n) is 11.6. The van der Waals surface area contributed by atoms with Gasteiger partial charge >= 0.3 is 0 Å². The van der Waals surface area contributed by atoms with E-state index in [2.05, 4.69) is 47.4 Å². The van der Waals surface area contributed by atoms with E-state index in [0.717, 1.165) is 37.5 Å². The number of thioether (sulfide) groups is 1. The number of nitrogens with two attached hydrogens (primary N) is 1. The number of nitrogen functional groups attached to an aromatic ring is 1. The van der Waals surface area contributed by atoms with E-state index in [1.807, 2.05) is 17.8 Å². The van der Waals surface area contributed by atoms with E-state index in [0.29, 0.717) is 0 Å². The Morgan fingerprint density at radius 3 is 2.75 bits per heavy atom. The molecule has 0 atom stereocenters. The minimum atomic E-state index is 0.959. The first kappa shape index (κ1) is 13.5. The van der Waals surface area contributed by atoms with Gasteiger partial charge in [-0.2, -0.15) is 0 Å². The third-order valence-electron chi connectivity index (χ3n) is 3.80. The molecule has 3 rings (SSSR count). The maximum Gasteiger partial charge on any atom is 0.0350 e. The van der Waals surface area contributed by atoms with E-state index >= 15 is 0 Å². The van der Waals surface area contributed by atoms with E-state index in [-0.39, 0.29) is 0 Å². The summed E-state index contributed by atoms with van der Waals surface area (Å²) in [4.78, 5) is 3.88. The van der Waals surface area contributed by atoms with Crippen molar-refractivity contribution in [1.82, 2.24) is 4.90 Å². The Hall–Kier alpha value is -1.45. The minimum absolute atomic E-state index is 0.959. The van der Waals surface area contributed by atoms with Crippen molar-refractivity contribution in [1.29, 1.82) is 0 Å². The highest BCUT2D eigenvalue weighted by molar-refractivity contribution is 7.99. The molecule has 1 aliphatic heterocycles. The first-order valence-electron chi connectivity index (χ1n) is 7.09. The summed E-state index contributed by atoms with van der Waals surface area (Å²) < 4.78 is 0. The molecule has 1 aliphatic rings. The first-order chi connectivity index (χ1) is 9.83. The van der Waals surface area contributed by atoms with E-state index in [1.165, 1.54) is 16.0 Å². The summed E-state index contributed by atoms with van der Waals surface area (Å²) in [5, 5.41) is 0. The van der Waals surface area contributed by atoms with Gasteiger partial charge in [-0.25, -0.2) is 0 Å². The highest BCUT2D eigenvalue weighted by atomic mass is 32.2. The second-order valence-corrected chi connectivity index (χ2v) is 6.34. The molecule has 0 radical (unpaired) electrons. The quantitative estimate of drug-likeness (QED) is 0.689. The van der Waals surface area contributed by atoms with Gasteiger partial charge < -0.3 is 5.73 Å². The number of hydrogen-bond donors (Lipinski definition) is 1. The van der Waals surface area contributed by atoms with Crippen LogP contribution in [-0.2, 0) is 13.0 Å². The van der Waals surface area contributed by atoms with Crippen molar-refractivity contribution in [3.63, 3.8) is 0 Å². The maximum absolute atomic E-state index is 6.04. The summed E-state index contributed by atoms with van der Waals surface area (Å²) in [6.45, 7) is 3.29. The van der Waals surface area contributed by atoms with E-state index in [9.17, 15) is 0 Å². The van der Waals surface area contributed by atoms with Gasteiger partial charge in [-0.1, -0.05) is 30.3 Å². The summed E-state index contributed by atoms with van der Waals surface area (Å²) in [5.41, 5.74) is 9.76. The van der Waals surface area contributed by atoms with E-state index in [1.54, 1.807) is 0 Å². The number of nitrogens with zero attached hydrogens (tertiary/aromatic N) is 1. The summed E-state index contributed by atoms with van der Waals surface area (Å²) >= 11 is 1.93. The van der Waals surface area contributed by atoms with E-state index in [4.69, 9.17) is 5.73 Å². The lowest BCUT2D eigenvalue weighted by atomic mass is 9.98. The molecule has 0 fully saturated rings. The first-order valence-corrected chi connectivity index (χ1v) is 8.08. The lowest BCUT2D eigenvalue weighted by Gasteiger charge is -2.29. The molecular formula is C17H20N2S. The lowest BCUT2D eigenvalue weighted by Crippen LogP contribution is -2.32. The summed E-state index contributed by atoms with van der Waals surface area (Å²) in [5.74, 6) is 1.14. The van der Waals surface area contributed by atoms with Crippen LogP contribution in [0.5, 0.6) is 0 Å². The molecule has 3 heteroatoms. The normalized spacial score (nSPS) is 15.0. The van der Waals surface area contributed by atoms with Crippen LogP contribution in [0.1, 0.15) is 11.1 Å². The number of rotatable bonds is 4. The van der Waals surface area contributed by atoms with Gasteiger partial charge in [-0.05, 0) is 35.7 Å². The second kappa shape index (κ2) is 6.33. The van der Waals surface area contributed by atoms with Crippen molar-refractivity contribution in [2.24, 2.45) is 0 Å². The molecular weight excluding hydrogens is 264 g/mol. The van der Waals surface area contributed by atoms with Crippen molar-refractivity contribution in [3.8, 4) is 0 Å². The highest BCUT2D eigenvalue weighted by Crippen LogP contribution is 2.24. The predicted octanol–water partition coefficient (Wildman–Crippen LogP) is 3.42. The number of hydrogen-bond acceptors (Lipinski definition) is 3. The van der Waals surface area contributed by atoms with Crippen molar-refractivity contribution in [2.75, 3.05) is 24.6 Å².